The smallest absolute Gasteiger partial charge is 0.214 e. The van der Waals surface area contributed by atoms with Crippen LogP contribution in [0.25, 0.3) is 5.69 Å². The number of hydrogen-bond donors (Lipinski definition) is 0. The molecule has 0 atom stereocenters. The minimum Gasteiger partial charge on any atom is -0.494 e. The van der Waals surface area contributed by atoms with Crippen molar-refractivity contribution < 1.29 is 9.47 Å². The zero-order valence-electron chi connectivity index (χ0n) is 14.5. The van der Waals surface area contributed by atoms with Gasteiger partial charge in [0.2, 0.25) is 5.16 Å². The van der Waals surface area contributed by atoms with E-state index in [2.05, 4.69) is 35.4 Å². The molecule has 0 amide bonds. The van der Waals surface area contributed by atoms with Crippen molar-refractivity contribution in [2.45, 2.75) is 19.0 Å². The molecule has 0 bridgehead atoms. The predicted molar refractivity (Wildman–Crippen MR) is 97.8 cm³/mol. The summed E-state index contributed by atoms with van der Waals surface area (Å²) in [7, 11) is 1.63. The molecule has 1 aromatic heterocycles. The van der Waals surface area contributed by atoms with E-state index in [1.165, 1.54) is 11.1 Å². The van der Waals surface area contributed by atoms with Crippen LogP contribution >= 0.6 is 11.8 Å². The van der Waals surface area contributed by atoms with E-state index in [0.717, 1.165) is 22.9 Å². The Balaban J connectivity index is 1.62. The van der Waals surface area contributed by atoms with E-state index in [1.807, 2.05) is 36.4 Å². The zero-order valence-corrected chi connectivity index (χ0v) is 15.3. The van der Waals surface area contributed by atoms with Crippen LogP contribution in [0.3, 0.4) is 0 Å². The zero-order chi connectivity index (χ0) is 17.6. The molecular formula is C18H20N4O2S. The highest BCUT2D eigenvalue weighted by Gasteiger charge is 2.12. The Labute approximate surface area is 151 Å². The maximum Gasteiger partial charge on any atom is 0.214 e. The molecule has 0 saturated heterocycles. The summed E-state index contributed by atoms with van der Waals surface area (Å²) in [5.41, 5.74) is 3.21. The fraction of sp³-hybridized carbons (Fsp3) is 0.278. The van der Waals surface area contributed by atoms with E-state index < -0.39 is 0 Å². The third-order valence-corrected chi connectivity index (χ3v) is 4.42. The summed E-state index contributed by atoms with van der Waals surface area (Å²) in [5, 5.41) is 12.6. The average molecular weight is 356 g/mol. The van der Waals surface area contributed by atoms with Crippen LogP contribution < -0.4 is 9.47 Å². The van der Waals surface area contributed by atoms with Crippen LogP contribution in [-0.4, -0.2) is 39.7 Å². The molecule has 1 heterocycles. The fourth-order valence-corrected chi connectivity index (χ4v) is 3.23. The van der Waals surface area contributed by atoms with Gasteiger partial charge in [-0.05, 0) is 59.7 Å². The minimum absolute atomic E-state index is 0.576. The number of hydrogen-bond acceptors (Lipinski definition) is 6. The van der Waals surface area contributed by atoms with Crippen LogP contribution in [-0.2, 0) is 0 Å². The van der Waals surface area contributed by atoms with Gasteiger partial charge in [-0.3, -0.25) is 0 Å². The van der Waals surface area contributed by atoms with Gasteiger partial charge in [-0.2, -0.15) is 4.68 Å². The van der Waals surface area contributed by atoms with Crippen molar-refractivity contribution in [1.82, 2.24) is 20.2 Å². The molecule has 3 aromatic rings. The molecule has 6 nitrogen and oxygen atoms in total. The molecule has 0 N–H and O–H groups in total. The van der Waals surface area contributed by atoms with E-state index in [-0.39, 0.29) is 0 Å². The molecule has 0 unspecified atom stereocenters. The Morgan fingerprint density at radius 3 is 2.60 bits per heavy atom. The van der Waals surface area contributed by atoms with Crippen LogP contribution in [0.2, 0.25) is 0 Å². The highest BCUT2D eigenvalue weighted by atomic mass is 32.2. The lowest BCUT2D eigenvalue weighted by Crippen LogP contribution is -2.04. The number of rotatable bonds is 7. The Morgan fingerprint density at radius 2 is 1.84 bits per heavy atom. The Morgan fingerprint density at radius 1 is 1.08 bits per heavy atom. The van der Waals surface area contributed by atoms with E-state index in [1.54, 1.807) is 23.6 Å². The number of aryl methyl sites for hydroxylation is 2. The van der Waals surface area contributed by atoms with Gasteiger partial charge in [-0.1, -0.05) is 30.0 Å². The monoisotopic (exact) mass is 356 g/mol. The molecule has 0 saturated carbocycles. The Bertz CT molecular complexity index is 830. The van der Waals surface area contributed by atoms with Crippen LogP contribution in [0.15, 0.2) is 47.6 Å². The number of tetrazole rings is 1. The maximum atomic E-state index is 5.83. The quantitative estimate of drug-likeness (QED) is 0.477. The fourth-order valence-electron chi connectivity index (χ4n) is 2.53. The molecule has 25 heavy (non-hydrogen) atoms. The molecule has 0 fully saturated rings. The van der Waals surface area contributed by atoms with Crippen molar-refractivity contribution in [2.75, 3.05) is 19.5 Å². The van der Waals surface area contributed by atoms with Crippen molar-refractivity contribution in [1.29, 1.82) is 0 Å². The summed E-state index contributed by atoms with van der Waals surface area (Å²) >= 11 is 1.54. The first kappa shape index (κ1) is 17.3. The summed E-state index contributed by atoms with van der Waals surface area (Å²) in [5.74, 6) is 2.35. The molecule has 0 aliphatic heterocycles. The molecule has 0 radical (unpaired) electrons. The Hall–Kier alpha value is -2.54. The first-order chi connectivity index (χ1) is 12.2. The molecule has 0 spiro atoms. The number of ether oxygens (including phenoxy) is 2. The van der Waals surface area contributed by atoms with Crippen LogP contribution in [0.1, 0.15) is 11.1 Å². The number of thioether (sulfide) groups is 1. The summed E-state index contributed by atoms with van der Waals surface area (Å²) in [6, 6.07) is 13.9. The summed E-state index contributed by atoms with van der Waals surface area (Å²) in [6.07, 6.45) is 0. The normalized spacial score (nSPS) is 10.7. The Kier molecular flexibility index (Phi) is 5.55. The van der Waals surface area contributed by atoms with Gasteiger partial charge in [0.05, 0.1) is 13.7 Å². The standard InChI is InChI=1S/C18H20N4O2S/c1-13-10-14(2)12-15(11-13)24-8-9-25-18-19-20-21-22(18)16-6-4-5-7-17(16)23-3/h4-7,10-12H,8-9H2,1-3H3. The van der Waals surface area contributed by atoms with E-state index >= 15 is 0 Å². The molecule has 3 rings (SSSR count). The van der Waals surface area contributed by atoms with E-state index in [9.17, 15) is 0 Å². The largest absolute Gasteiger partial charge is 0.494 e. The predicted octanol–water partition coefficient (Wildman–Crippen LogP) is 3.46. The molecular weight excluding hydrogens is 336 g/mol. The van der Waals surface area contributed by atoms with Crippen LogP contribution in [0.4, 0.5) is 0 Å². The third-order valence-electron chi connectivity index (χ3n) is 3.53. The van der Waals surface area contributed by atoms with Crippen molar-refractivity contribution in [3.8, 4) is 17.2 Å². The molecule has 130 valence electrons. The lowest BCUT2D eigenvalue weighted by molar-refractivity contribution is 0.343. The van der Waals surface area contributed by atoms with Gasteiger partial charge in [0.25, 0.3) is 0 Å². The first-order valence-electron chi connectivity index (χ1n) is 7.93. The lowest BCUT2D eigenvalue weighted by Gasteiger charge is -2.10. The van der Waals surface area contributed by atoms with Gasteiger partial charge < -0.3 is 9.47 Å². The number of benzene rings is 2. The van der Waals surface area contributed by atoms with E-state index in [4.69, 9.17) is 9.47 Å². The summed E-state index contributed by atoms with van der Waals surface area (Å²) in [6.45, 7) is 4.71. The van der Waals surface area contributed by atoms with Crippen molar-refractivity contribution >= 4 is 11.8 Å². The second kappa shape index (κ2) is 8.02. The van der Waals surface area contributed by atoms with Gasteiger partial charge in [-0.15, -0.1) is 5.10 Å². The second-order valence-corrected chi connectivity index (χ2v) is 6.63. The minimum atomic E-state index is 0.576. The van der Waals surface area contributed by atoms with Gasteiger partial charge in [0.15, 0.2) is 0 Å². The number of para-hydroxylation sites is 2. The number of aromatic nitrogens is 4. The van der Waals surface area contributed by atoms with Crippen molar-refractivity contribution in [3.63, 3.8) is 0 Å². The van der Waals surface area contributed by atoms with Crippen molar-refractivity contribution in [3.05, 3.63) is 53.6 Å². The third kappa shape index (κ3) is 4.30. The van der Waals surface area contributed by atoms with Gasteiger partial charge in [0.1, 0.15) is 17.2 Å². The topological polar surface area (TPSA) is 62.1 Å². The molecule has 0 aliphatic rings. The summed E-state index contributed by atoms with van der Waals surface area (Å²) < 4.78 is 12.9. The highest BCUT2D eigenvalue weighted by molar-refractivity contribution is 7.99. The maximum absolute atomic E-state index is 5.83. The molecule has 7 heteroatoms. The number of methoxy groups -OCH3 is 1. The van der Waals surface area contributed by atoms with Crippen molar-refractivity contribution in [2.24, 2.45) is 0 Å². The molecule has 0 aliphatic carbocycles. The second-order valence-electron chi connectivity index (χ2n) is 5.57. The van der Waals surface area contributed by atoms with Gasteiger partial charge in [-0.25, -0.2) is 0 Å². The SMILES string of the molecule is COc1ccccc1-n1nnnc1SCCOc1cc(C)cc(C)c1. The first-order valence-corrected chi connectivity index (χ1v) is 8.91. The van der Waals surface area contributed by atoms with Crippen LogP contribution in [0, 0.1) is 13.8 Å². The van der Waals surface area contributed by atoms with Gasteiger partial charge in [0, 0.05) is 5.75 Å². The van der Waals surface area contributed by atoms with Gasteiger partial charge >= 0.3 is 0 Å². The van der Waals surface area contributed by atoms with Crippen LogP contribution in [0.5, 0.6) is 11.5 Å². The molecule has 2 aromatic carbocycles. The average Bonchev–Trinajstić information content (AvgIpc) is 3.06. The highest BCUT2D eigenvalue weighted by Crippen LogP contribution is 2.25. The van der Waals surface area contributed by atoms with E-state index in [0.29, 0.717) is 11.8 Å². The lowest BCUT2D eigenvalue weighted by atomic mass is 10.1. The number of nitrogens with zero attached hydrogens (tertiary/aromatic N) is 4. The summed E-state index contributed by atoms with van der Waals surface area (Å²) in [4.78, 5) is 0.